The van der Waals surface area contributed by atoms with Gasteiger partial charge in [0.1, 0.15) is 15.8 Å². The number of phenols is 2. The highest BCUT2D eigenvalue weighted by atomic mass is 35.5. The summed E-state index contributed by atoms with van der Waals surface area (Å²) >= 11 is 19.0. The van der Waals surface area contributed by atoms with E-state index < -0.39 is 5.75 Å². The molecule has 1 aliphatic heterocycles. The molecule has 2 aromatic rings. The lowest BCUT2D eigenvalue weighted by Crippen LogP contribution is -2.20. The lowest BCUT2D eigenvalue weighted by molar-refractivity contribution is 0.460. The van der Waals surface area contributed by atoms with Gasteiger partial charge in [-0.25, -0.2) is 5.01 Å². The standard InChI is InChI=1S/C15H10Cl3N3O2S/c16-10-9(13(22)11(17)12(18)14(10)23)8-6-21(20-15(19)24-8)7-4-2-1-3-5-7/h1-6,22-23H,(H2,19,20). The van der Waals surface area contributed by atoms with Crippen molar-refractivity contribution in [3.63, 3.8) is 0 Å². The fourth-order valence-electron chi connectivity index (χ4n) is 2.10. The number of hydrogen-bond donors (Lipinski definition) is 3. The van der Waals surface area contributed by atoms with Gasteiger partial charge < -0.3 is 15.9 Å². The Morgan fingerprint density at radius 3 is 2.25 bits per heavy atom. The van der Waals surface area contributed by atoms with E-state index in [1.165, 1.54) is 5.01 Å². The number of phenolic OH excluding ortho intramolecular Hbond substituents is 2. The number of rotatable bonds is 2. The Kier molecular flexibility index (Phi) is 4.73. The van der Waals surface area contributed by atoms with Gasteiger partial charge in [0.05, 0.1) is 16.3 Å². The van der Waals surface area contributed by atoms with Crippen LogP contribution in [0.15, 0.2) is 41.6 Å². The second-order valence-electron chi connectivity index (χ2n) is 4.73. The molecule has 0 atom stereocenters. The van der Waals surface area contributed by atoms with Gasteiger partial charge in [-0.05, 0) is 23.9 Å². The van der Waals surface area contributed by atoms with Crippen molar-refractivity contribution in [2.24, 2.45) is 10.8 Å². The molecule has 0 saturated carbocycles. The molecular formula is C15H10Cl3N3O2S. The van der Waals surface area contributed by atoms with E-state index in [0.717, 1.165) is 17.4 Å². The van der Waals surface area contributed by atoms with E-state index in [1.807, 2.05) is 30.3 Å². The summed E-state index contributed by atoms with van der Waals surface area (Å²) in [7, 11) is 0. The van der Waals surface area contributed by atoms with Gasteiger partial charge in [-0.2, -0.15) is 0 Å². The van der Waals surface area contributed by atoms with Crippen LogP contribution >= 0.6 is 46.6 Å². The monoisotopic (exact) mass is 401 g/mol. The Morgan fingerprint density at radius 1 is 0.958 bits per heavy atom. The zero-order valence-electron chi connectivity index (χ0n) is 11.9. The van der Waals surface area contributed by atoms with E-state index in [9.17, 15) is 10.2 Å². The van der Waals surface area contributed by atoms with Gasteiger partial charge in [-0.1, -0.05) is 53.0 Å². The van der Waals surface area contributed by atoms with Crippen molar-refractivity contribution in [3.05, 3.63) is 57.2 Å². The Bertz CT molecular complexity index is 843. The Hall–Kier alpha value is -1.73. The predicted octanol–water partition coefficient (Wildman–Crippen LogP) is 4.84. The highest BCUT2D eigenvalue weighted by Crippen LogP contribution is 2.51. The SMILES string of the molecule is NC1=NN(c2ccccc2)C=C(c2c(O)c(Cl)c(Cl)c(O)c2Cl)S1. The molecule has 0 amide bonds. The van der Waals surface area contributed by atoms with Crippen molar-refractivity contribution in [1.82, 2.24) is 0 Å². The fraction of sp³-hybridized carbons (Fsp3) is 0. The van der Waals surface area contributed by atoms with Crippen molar-refractivity contribution >= 4 is 62.3 Å². The van der Waals surface area contributed by atoms with Crippen LogP contribution in [0.25, 0.3) is 4.91 Å². The molecule has 0 spiro atoms. The average Bonchev–Trinajstić information content (AvgIpc) is 2.59. The number of halogens is 3. The van der Waals surface area contributed by atoms with E-state index in [0.29, 0.717) is 4.91 Å². The summed E-state index contributed by atoms with van der Waals surface area (Å²) in [6.07, 6.45) is 1.63. The molecule has 4 N–H and O–H groups in total. The lowest BCUT2D eigenvalue weighted by atomic mass is 10.1. The van der Waals surface area contributed by atoms with Gasteiger partial charge in [-0.3, -0.25) is 0 Å². The minimum absolute atomic E-state index is 0.122. The van der Waals surface area contributed by atoms with E-state index in [-0.39, 0.29) is 31.5 Å². The average molecular weight is 403 g/mol. The Morgan fingerprint density at radius 2 is 1.58 bits per heavy atom. The first kappa shape index (κ1) is 17.1. The summed E-state index contributed by atoms with van der Waals surface area (Å²) in [5.74, 6) is -0.754. The number of aromatic hydroxyl groups is 2. The normalized spacial score (nSPS) is 14.4. The third kappa shape index (κ3) is 2.98. The lowest BCUT2D eigenvalue weighted by Gasteiger charge is -2.23. The number of anilines is 1. The summed E-state index contributed by atoms with van der Waals surface area (Å²) in [6, 6.07) is 9.26. The van der Waals surface area contributed by atoms with Crippen molar-refractivity contribution < 1.29 is 10.2 Å². The van der Waals surface area contributed by atoms with Crippen LogP contribution in [0.5, 0.6) is 11.5 Å². The van der Waals surface area contributed by atoms with Gasteiger partial charge >= 0.3 is 0 Å². The van der Waals surface area contributed by atoms with Gasteiger partial charge in [0.25, 0.3) is 0 Å². The second-order valence-corrected chi connectivity index (χ2v) is 6.92. The number of hydrazone groups is 1. The summed E-state index contributed by atoms with van der Waals surface area (Å²) in [6.45, 7) is 0. The van der Waals surface area contributed by atoms with Crippen molar-refractivity contribution in [3.8, 4) is 11.5 Å². The topological polar surface area (TPSA) is 82.1 Å². The summed E-state index contributed by atoms with van der Waals surface area (Å²) < 4.78 is 0. The van der Waals surface area contributed by atoms with Gasteiger partial charge in [0.15, 0.2) is 10.9 Å². The quantitative estimate of drug-likeness (QED) is 0.494. The summed E-state index contributed by atoms with van der Waals surface area (Å²) in [4.78, 5) is 0.461. The molecular weight excluding hydrogens is 393 g/mol. The van der Waals surface area contributed by atoms with Gasteiger partial charge in [0, 0.05) is 11.1 Å². The van der Waals surface area contributed by atoms with Crippen LogP contribution in [0.1, 0.15) is 5.56 Å². The van der Waals surface area contributed by atoms with Gasteiger partial charge in [0.2, 0.25) is 0 Å². The van der Waals surface area contributed by atoms with Crippen molar-refractivity contribution in [2.75, 3.05) is 5.01 Å². The van der Waals surface area contributed by atoms with Crippen LogP contribution in [-0.2, 0) is 0 Å². The minimum Gasteiger partial charge on any atom is -0.506 e. The van der Waals surface area contributed by atoms with Crippen LogP contribution in [0.3, 0.4) is 0 Å². The largest absolute Gasteiger partial charge is 0.506 e. The molecule has 0 unspecified atom stereocenters. The number of para-hydroxylation sites is 1. The number of nitrogens with two attached hydrogens (primary N) is 1. The molecule has 0 saturated heterocycles. The van der Waals surface area contributed by atoms with Crippen LogP contribution in [-0.4, -0.2) is 15.4 Å². The van der Waals surface area contributed by atoms with E-state index in [1.54, 1.807) is 6.20 Å². The first-order valence-electron chi connectivity index (χ1n) is 6.57. The highest BCUT2D eigenvalue weighted by molar-refractivity contribution is 8.21. The maximum absolute atomic E-state index is 10.3. The molecule has 124 valence electrons. The number of nitrogens with zero attached hydrogens (tertiary/aromatic N) is 2. The third-order valence-corrected chi connectivity index (χ3v) is 5.22. The molecule has 0 aromatic heterocycles. The first-order chi connectivity index (χ1) is 11.4. The number of benzene rings is 2. The molecule has 0 radical (unpaired) electrons. The van der Waals surface area contributed by atoms with Crippen LogP contribution in [0.4, 0.5) is 5.69 Å². The minimum atomic E-state index is -0.412. The predicted molar refractivity (Wildman–Crippen MR) is 101 cm³/mol. The number of amidine groups is 1. The second kappa shape index (κ2) is 6.64. The molecule has 0 bridgehead atoms. The molecule has 5 nitrogen and oxygen atoms in total. The van der Waals surface area contributed by atoms with Crippen LogP contribution in [0.2, 0.25) is 15.1 Å². The maximum Gasteiger partial charge on any atom is 0.183 e. The van der Waals surface area contributed by atoms with E-state index >= 15 is 0 Å². The number of hydrogen-bond acceptors (Lipinski definition) is 6. The Balaban J connectivity index is 2.15. The van der Waals surface area contributed by atoms with Gasteiger partial charge in [-0.15, -0.1) is 5.10 Å². The molecule has 0 fully saturated rings. The Labute approximate surface area is 156 Å². The van der Waals surface area contributed by atoms with Crippen molar-refractivity contribution in [2.45, 2.75) is 0 Å². The zero-order chi connectivity index (χ0) is 17.4. The van der Waals surface area contributed by atoms with E-state index in [4.69, 9.17) is 40.5 Å². The molecule has 3 rings (SSSR count). The molecule has 24 heavy (non-hydrogen) atoms. The first-order valence-corrected chi connectivity index (χ1v) is 8.52. The smallest absolute Gasteiger partial charge is 0.183 e. The fourth-order valence-corrected chi connectivity index (χ4v) is 3.66. The molecule has 0 aliphatic carbocycles. The van der Waals surface area contributed by atoms with Crippen molar-refractivity contribution in [1.29, 1.82) is 0 Å². The maximum atomic E-state index is 10.3. The van der Waals surface area contributed by atoms with Crippen LogP contribution in [0, 0.1) is 0 Å². The molecule has 9 heteroatoms. The van der Waals surface area contributed by atoms with E-state index in [2.05, 4.69) is 5.10 Å². The summed E-state index contributed by atoms with van der Waals surface area (Å²) in [5.41, 5.74) is 6.77. The highest BCUT2D eigenvalue weighted by Gasteiger charge is 2.26. The third-order valence-electron chi connectivity index (χ3n) is 3.20. The molecule has 1 heterocycles. The number of thioether (sulfide) groups is 1. The summed E-state index contributed by atoms with van der Waals surface area (Å²) in [5, 5.41) is 25.8. The zero-order valence-corrected chi connectivity index (χ0v) is 15.0. The molecule has 1 aliphatic rings. The molecule has 2 aromatic carbocycles. The van der Waals surface area contributed by atoms with Crippen LogP contribution < -0.4 is 10.7 Å².